The highest BCUT2D eigenvalue weighted by Crippen LogP contribution is 2.21. The molecular weight excluding hydrogens is 308 g/mol. The minimum atomic E-state index is -0.534. The number of hydrogen-bond donors (Lipinski definition) is 0. The Kier molecular flexibility index (Phi) is 7.68. The average Bonchev–Trinajstić information content (AvgIpc) is 3.07. The zero-order chi connectivity index (χ0) is 18.1. The van der Waals surface area contributed by atoms with Crippen LogP contribution in [-0.2, 0) is 14.3 Å². The molecule has 0 radical (unpaired) electrons. The number of methoxy groups -OCH3 is 1. The van der Waals surface area contributed by atoms with E-state index in [0.717, 1.165) is 5.57 Å². The maximum atomic E-state index is 12.3. The van der Waals surface area contributed by atoms with Gasteiger partial charge in [0.15, 0.2) is 0 Å². The first-order chi connectivity index (χ1) is 11.5. The van der Waals surface area contributed by atoms with Crippen LogP contribution in [0.4, 0.5) is 0 Å². The number of aromatic nitrogens is 2. The highest BCUT2D eigenvalue weighted by Gasteiger charge is 2.21. The maximum absolute atomic E-state index is 12.3. The first-order valence-electron chi connectivity index (χ1n) is 7.68. The Morgan fingerprint density at radius 3 is 2.71 bits per heavy atom. The molecule has 2 unspecified atom stereocenters. The molecule has 0 saturated carbocycles. The normalized spacial score (nSPS) is 14.2. The van der Waals surface area contributed by atoms with Crippen LogP contribution in [0.5, 0.6) is 0 Å². The van der Waals surface area contributed by atoms with Gasteiger partial charge in [0.2, 0.25) is 0 Å². The van der Waals surface area contributed by atoms with E-state index in [2.05, 4.69) is 16.3 Å². The van der Waals surface area contributed by atoms with Crippen LogP contribution in [-0.4, -0.2) is 35.2 Å². The van der Waals surface area contributed by atoms with Crippen molar-refractivity contribution in [2.45, 2.75) is 26.8 Å². The number of imidazole rings is 1. The van der Waals surface area contributed by atoms with Crippen LogP contribution < -0.4 is 0 Å². The fourth-order valence-corrected chi connectivity index (χ4v) is 2.14. The third-order valence-electron chi connectivity index (χ3n) is 3.51. The van der Waals surface area contributed by atoms with Crippen LogP contribution in [0.3, 0.4) is 0 Å². The van der Waals surface area contributed by atoms with Gasteiger partial charge in [-0.15, -0.1) is 0 Å². The maximum Gasteiger partial charge on any atom is 0.356 e. The van der Waals surface area contributed by atoms with Gasteiger partial charge in [-0.3, -0.25) is 4.79 Å². The van der Waals surface area contributed by atoms with Gasteiger partial charge in [-0.05, 0) is 26.3 Å². The monoisotopic (exact) mass is 332 g/mol. The molecular formula is C18H24N2O4. The minimum Gasteiger partial charge on any atom is -0.469 e. The molecule has 0 aromatic carbocycles. The summed E-state index contributed by atoms with van der Waals surface area (Å²) in [6.45, 7) is 9.16. The van der Waals surface area contributed by atoms with E-state index in [4.69, 9.17) is 4.74 Å². The highest BCUT2D eigenvalue weighted by molar-refractivity contribution is 5.87. The van der Waals surface area contributed by atoms with Crippen molar-refractivity contribution in [2.24, 2.45) is 5.92 Å². The van der Waals surface area contributed by atoms with Gasteiger partial charge in [-0.1, -0.05) is 30.9 Å². The van der Waals surface area contributed by atoms with Gasteiger partial charge in [0, 0.05) is 0 Å². The largest absolute Gasteiger partial charge is 0.469 e. The van der Waals surface area contributed by atoms with Gasteiger partial charge < -0.3 is 14.0 Å². The Hall–Kier alpha value is -2.63. The van der Waals surface area contributed by atoms with Gasteiger partial charge in [0.25, 0.3) is 0 Å². The molecule has 0 aliphatic heterocycles. The molecule has 2 atom stereocenters. The first-order valence-corrected chi connectivity index (χ1v) is 7.68. The molecule has 0 aliphatic rings. The summed E-state index contributed by atoms with van der Waals surface area (Å²) in [6, 6.07) is -0.123. The summed E-state index contributed by atoms with van der Waals surface area (Å²) >= 11 is 0. The van der Waals surface area contributed by atoms with E-state index in [1.54, 1.807) is 23.9 Å². The summed E-state index contributed by atoms with van der Waals surface area (Å²) in [5.74, 6) is -1.48. The van der Waals surface area contributed by atoms with Gasteiger partial charge in [-0.25, -0.2) is 9.78 Å². The number of esters is 2. The topological polar surface area (TPSA) is 70.4 Å². The minimum absolute atomic E-state index is 0.0463. The Bertz CT molecular complexity index is 643. The summed E-state index contributed by atoms with van der Waals surface area (Å²) in [6.07, 6.45) is 10.5. The van der Waals surface area contributed by atoms with Crippen molar-refractivity contribution in [1.29, 1.82) is 0 Å². The quantitative estimate of drug-likeness (QED) is 0.540. The first kappa shape index (κ1) is 19.4. The Balaban J connectivity index is 2.91. The Morgan fingerprint density at radius 1 is 1.42 bits per heavy atom. The number of carbonyl (C=O) groups is 2. The van der Waals surface area contributed by atoms with Crippen LogP contribution in [0.25, 0.3) is 0 Å². The lowest BCUT2D eigenvalue weighted by Gasteiger charge is -2.17. The zero-order valence-electron chi connectivity index (χ0n) is 14.6. The molecule has 0 fully saturated rings. The SMILES string of the molecule is C=C/C=C(\C=C/C)C(C)n1cncc1C(=O)OCC(C)C(=O)OC. The molecule has 1 heterocycles. The summed E-state index contributed by atoms with van der Waals surface area (Å²) in [4.78, 5) is 27.7. The predicted molar refractivity (Wildman–Crippen MR) is 91.5 cm³/mol. The van der Waals surface area contributed by atoms with E-state index >= 15 is 0 Å². The van der Waals surface area contributed by atoms with Gasteiger partial charge >= 0.3 is 11.9 Å². The van der Waals surface area contributed by atoms with Gasteiger partial charge in [-0.2, -0.15) is 0 Å². The fraction of sp³-hybridized carbons (Fsp3) is 0.389. The predicted octanol–water partition coefficient (Wildman–Crippen LogP) is 3.10. The smallest absolute Gasteiger partial charge is 0.356 e. The van der Waals surface area contributed by atoms with Crippen molar-refractivity contribution in [3.8, 4) is 0 Å². The second kappa shape index (κ2) is 9.50. The zero-order valence-corrected chi connectivity index (χ0v) is 14.6. The van der Waals surface area contributed by atoms with E-state index < -0.39 is 17.9 Å². The van der Waals surface area contributed by atoms with Crippen molar-refractivity contribution in [1.82, 2.24) is 9.55 Å². The third-order valence-corrected chi connectivity index (χ3v) is 3.51. The highest BCUT2D eigenvalue weighted by atomic mass is 16.5. The van der Waals surface area contributed by atoms with E-state index in [-0.39, 0.29) is 12.6 Å². The number of ether oxygens (including phenoxy) is 2. The molecule has 0 amide bonds. The summed E-state index contributed by atoms with van der Waals surface area (Å²) in [5.41, 5.74) is 1.29. The standard InChI is InChI=1S/C18H24N2O4/c1-6-8-15(9-7-2)14(4)20-12-19-10-16(20)18(22)24-11-13(3)17(21)23-5/h6-10,12-14H,1,11H2,2-5H3/b9-7-,15-8+. The second-order valence-corrected chi connectivity index (χ2v) is 5.29. The number of nitrogens with zero attached hydrogens (tertiary/aromatic N) is 2. The van der Waals surface area contributed by atoms with Crippen molar-refractivity contribution in [3.05, 3.63) is 54.7 Å². The number of hydrogen-bond acceptors (Lipinski definition) is 5. The summed E-state index contributed by atoms with van der Waals surface area (Å²) < 4.78 is 11.5. The van der Waals surface area contributed by atoms with Crippen LogP contribution in [0, 0.1) is 5.92 Å². The molecule has 1 aromatic heterocycles. The van der Waals surface area contributed by atoms with Gasteiger partial charge in [0.05, 0.1) is 31.6 Å². The molecule has 6 nitrogen and oxygen atoms in total. The molecule has 130 valence electrons. The molecule has 24 heavy (non-hydrogen) atoms. The number of allylic oxidation sites excluding steroid dienone is 5. The molecule has 6 heteroatoms. The van der Waals surface area contributed by atoms with Crippen LogP contribution in [0.1, 0.15) is 37.3 Å². The fourth-order valence-electron chi connectivity index (χ4n) is 2.14. The summed E-state index contributed by atoms with van der Waals surface area (Å²) in [7, 11) is 1.30. The Morgan fingerprint density at radius 2 is 2.12 bits per heavy atom. The number of rotatable bonds is 8. The van der Waals surface area contributed by atoms with Crippen LogP contribution in [0.2, 0.25) is 0 Å². The van der Waals surface area contributed by atoms with E-state index in [9.17, 15) is 9.59 Å². The van der Waals surface area contributed by atoms with Crippen molar-refractivity contribution in [2.75, 3.05) is 13.7 Å². The molecule has 1 rings (SSSR count). The van der Waals surface area contributed by atoms with Crippen molar-refractivity contribution < 1.29 is 19.1 Å². The molecule has 0 N–H and O–H groups in total. The number of carbonyl (C=O) groups excluding carboxylic acids is 2. The van der Waals surface area contributed by atoms with Crippen LogP contribution in [0.15, 0.2) is 49.0 Å². The van der Waals surface area contributed by atoms with E-state index in [1.807, 2.05) is 32.1 Å². The van der Waals surface area contributed by atoms with E-state index in [0.29, 0.717) is 5.69 Å². The summed E-state index contributed by atoms with van der Waals surface area (Å²) in [5, 5.41) is 0. The molecule has 0 spiro atoms. The third kappa shape index (κ3) is 4.94. The van der Waals surface area contributed by atoms with Crippen molar-refractivity contribution >= 4 is 11.9 Å². The van der Waals surface area contributed by atoms with Gasteiger partial charge in [0.1, 0.15) is 12.3 Å². The average molecular weight is 332 g/mol. The second-order valence-electron chi connectivity index (χ2n) is 5.29. The van der Waals surface area contributed by atoms with Crippen LogP contribution >= 0.6 is 0 Å². The molecule has 0 bridgehead atoms. The van der Waals surface area contributed by atoms with Crippen molar-refractivity contribution in [3.63, 3.8) is 0 Å². The molecule has 1 aromatic rings. The lowest BCUT2D eigenvalue weighted by molar-refractivity contribution is -0.146. The molecule has 0 aliphatic carbocycles. The molecule has 0 saturated heterocycles. The lowest BCUT2D eigenvalue weighted by atomic mass is 10.1. The lowest BCUT2D eigenvalue weighted by Crippen LogP contribution is -2.22. The Labute approximate surface area is 142 Å². The van der Waals surface area contributed by atoms with E-state index in [1.165, 1.54) is 13.3 Å².